The molecule has 0 aliphatic carbocycles. The quantitative estimate of drug-likeness (QED) is 0.825. The molecule has 0 spiro atoms. The molecule has 1 rings (SSSR count). The molecule has 0 radical (unpaired) electrons. The zero-order valence-electron chi connectivity index (χ0n) is 11.8. The molecule has 1 aromatic carbocycles. The van der Waals surface area contributed by atoms with Crippen LogP contribution in [0.2, 0.25) is 18.1 Å². The van der Waals surface area contributed by atoms with Crippen molar-refractivity contribution in [2.45, 2.75) is 38.9 Å². The lowest BCUT2D eigenvalue weighted by Gasteiger charge is -2.37. The first kappa shape index (κ1) is 15.4. The molecule has 0 aliphatic heterocycles. The summed E-state index contributed by atoms with van der Waals surface area (Å²) in [5.41, 5.74) is 0. The van der Waals surface area contributed by atoms with Gasteiger partial charge < -0.3 is 14.3 Å². The van der Waals surface area contributed by atoms with Crippen LogP contribution in [0.4, 0.5) is 0 Å². The highest BCUT2D eigenvalue weighted by molar-refractivity contribution is 9.10. The summed E-state index contributed by atoms with van der Waals surface area (Å²) in [6.07, 6.45) is 0. The van der Waals surface area contributed by atoms with E-state index in [1.165, 1.54) is 0 Å². The zero-order chi connectivity index (χ0) is 14.1. The van der Waals surface area contributed by atoms with Crippen molar-refractivity contribution >= 4 is 24.2 Å². The predicted octanol–water partition coefficient (Wildman–Crippen LogP) is 4.55. The summed E-state index contributed by atoms with van der Waals surface area (Å²) in [5.74, 6) is 1.37. The van der Waals surface area contributed by atoms with Crippen molar-refractivity contribution in [3.8, 4) is 17.2 Å². The maximum Gasteiger partial charge on any atom is 0.250 e. The van der Waals surface area contributed by atoms with Crippen LogP contribution in [-0.4, -0.2) is 20.5 Å². The molecule has 1 N–H and O–H groups in total. The SMILES string of the molecule is COc1cc(O)cc(Br)c1O[Si](C)(C)C(C)(C)C. The monoisotopic (exact) mass is 332 g/mol. The molecule has 0 unspecified atom stereocenters. The average Bonchev–Trinajstić information content (AvgIpc) is 2.19. The lowest BCUT2D eigenvalue weighted by Crippen LogP contribution is -2.44. The first-order valence-electron chi connectivity index (χ1n) is 5.84. The van der Waals surface area contributed by atoms with Gasteiger partial charge in [-0.25, -0.2) is 0 Å². The van der Waals surface area contributed by atoms with Crippen LogP contribution in [0.3, 0.4) is 0 Å². The topological polar surface area (TPSA) is 38.7 Å². The molecule has 0 atom stereocenters. The Morgan fingerprint density at radius 2 is 1.78 bits per heavy atom. The third kappa shape index (κ3) is 3.20. The van der Waals surface area contributed by atoms with Crippen molar-refractivity contribution in [3.63, 3.8) is 0 Å². The summed E-state index contributed by atoms with van der Waals surface area (Å²) in [7, 11) is -0.365. The minimum Gasteiger partial charge on any atom is -0.540 e. The van der Waals surface area contributed by atoms with E-state index in [4.69, 9.17) is 9.16 Å². The second kappa shape index (κ2) is 5.13. The standard InChI is InChI=1S/C13H21BrO3Si/c1-13(2,3)18(5,6)17-12-10(14)7-9(15)8-11(12)16-4/h7-8,15H,1-6H3. The fraction of sp³-hybridized carbons (Fsp3) is 0.538. The number of halogens is 1. The highest BCUT2D eigenvalue weighted by atomic mass is 79.9. The van der Waals surface area contributed by atoms with E-state index in [0.717, 1.165) is 0 Å². The van der Waals surface area contributed by atoms with Crippen LogP contribution >= 0.6 is 15.9 Å². The Labute approximate surface area is 118 Å². The van der Waals surface area contributed by atoms with Gasteiger partial charge in [0, 0.05) is 6.07 Å². The lowest BCUT2D eigenvalue weighted by molar-refractivity contribution is 0.379. The molecule has 18 heavy (non-hydrogen) atoms. The van der Waals surface area contributed by atoms with Crippen molar-refractivity contribution in [1.29, 1.82) is 0 Å². The second-order valence-electron chi connectivity index (χ2n) is 5.82. The van der Waals surface area contributed by atoms with Gasteiger partial charge in [-0.05, 0) is 40.1 Å². The van der Waals surface area contributed by atoms with Gasteiger partial charge in [0.15, 0.2) is 11.5 Å². The van der Waals surface area contributed by atoms with E-state index >= 15 is 0 Å². The number of rotatable bonds is 3. The van der Waals surface area contributed by atoms with Gasteiger partial charge in [0.25, 0.3) is 8.32 Å². The number of benzene rings is 1. The van der Waals surface area contributed by atoms with Crippen LogP contribution in [0.1, 0.15) is 20.8 Å². The van der Waals surface area contributed by atoms with E-state index in [0.29, 0.717) is 16.0 Å². The number of aromatic hydroxyl groups is 1. The molecule has 0 fully saturated rings. The summed E-state index contributed by atoms with van der Waals surface area (Å²) in [4.78, 5) is 0. The van der Waals surface area contributed by atoms with Gasteiger partial charge in [0.1, 0.15) is 5.75 Å². The summed E-state index contributed by atoms with van der Waals surface area (Å²) in [5, 5.41) is 9.66. The summed E-state index contributed by atoms with van der Waals surface area (Å²) in [6.45, 7) is 10.9. The average molecular weight is 333 g/mol. The predicted molar refractivity (Wildman–Crippen MR) is 80.2 cm³/mol. The first-order chi connectivity index (χ1) is 8.08. The summed E-state index contributed by atoms with van der Waals surface area (Å²) in [6, 6.07) is 3.18. The van der Waals surface area contributed by atoms with Crippen LogP contribution in [0.15, 0.2) is 16.6 Å². The van der Waals surface area contributed by atoms with Crippen LogP contribution in [0.5, 0.6) is 17.2 Å². The maximum atomic E-state index is 9.55. The van der Waals surface area contributed by atoms with Gasteiger partial charge in [-0.15, -0.1) is 0 Å². The maximum absolute atomic E-state index is 9.55. The smallest absolute Gasteiger partial charge is 0.250 e. The third-order valence-corrected chi connectivity index (χ3v) is 8.29. The molecule has 0 aromatic heterocycles. The highest BCUT2D eigenvalue weighted by Gasteiger charge is 2.40. The highest BCUT2D eigenvalue weighted by Crippen LogP contribution is 2.44. The molecule has 0 aliphatic rings. The molecule has 0 saturated heterocycles. The minimum absolute atomic E-state index is 0.106. The fourth-order valence-corrected chi connectivity index (χ4v) is 2.90. The minimum atomic E-state index is -1.93. The number of methoxy groups -OCH3 is 1. The molecule has 1 aromatic rings. The Kier molecular flexibility index (Phi) is 4.38. The Hall–Kier alpha value is -0.683. The molecular weight excluding hydrogens is 312 g/mol. The van der Waals surface area contributed by atoms with Crippen LogP contribution in [0.25, 0.3) is 0 Å². The Bertz CT molecular complexity index is 439. The molecule has 3 nitrogen and oxygen atoms in total. The molecule has 0 heterocycles. The van der Waals surface area contributed by atoms with E-state index in [2.05, 4.69) is 49.8 Å². The van der Waals surface area contributed by atoms with Crippen molar-refractivity contribution in [3.05, 3.63) is 16.6 Å². The molecule has 102 valence electrons. The summed E-state index contributed by atoms with van der Waals surface area (Å²) >= 11 is 3.42. The van der Waals surface area contributed by atoms with Gasteiger partial charge in [0.2, 0.25) is 0 Å². The van der Waals surface area contributed by atoms with Crippen molar-refractivity contribution in [2.24, 2.45) is 0 Å². The van der Waals surface area contributed by atoms with Gasteiger partial charge in [0.05, 0.1) is 11.6 Å². The van der Waals surface area contributed by atoms with Gasteiger partial charge in [-0.2, -0.15) is 0 Å². The molecule has 0 bridgehead atoms. The Balaban J connectivity index is 3.19. The van der Waals surface area contributed by atoms with Gasteiger partial charge in [-0.3, -0.25) is 0 Å². The molecular formula is C13H21BrO3Si. The van der Waals surface area contributed by atoms with Gasteiger partial charge in [-0.1, -0.05) is 20.8 Å². The Morgan fingerprint density at radius 1 is 1.22 bits per heavy atom. The zero-order valence-corrected chi connectivity index (χ0v) is 14.4. The number of phenolic OH excluding ortho intramolecular Hbond substituents is 1. The van der Waals surface area contributed by atoms with Crippen LogP contribution in [-0.2, 0) is 0 Å². The van der Waals surface area contributed by atoms with Crippen molar-refractivity contribution in [1.82, 2.24) is 0 Å². The van der Waals surface area contributed by atoms with E-state index in [9.17, 15) is 5.11 Å². The number of phenols is 1. The van der Waals surface area contributed by atoms with E-state index < -0.39 is 8.32 Å². The normalized spacial score (nSPS) is 12.4. The van der Waals surface area contributed by atoms with Crippen molar-refractivity contribution in [2.75, 3.05) is 7.11 Å². The number of ether oxygens (including phenoxy) is 1. The molecule has 0 saturated carbocycles. The number of hydrogen-bond donors (Lipinski definition) is 1. The fourth-order valence-electron chi connectivity index (χ4n) is 1.21. The van der Waals surface area contributed by atoms with Gasteiger partial charge >= 0.3 is 0 Å². The van der Waals surface area contributed by atoms with Crippen molar-refractivity contribution < 1.29 is 14.3 Å². The second-order valence-corrected chi connectivity index (χ2v) is 11.4. The van der Waals surface area contributed by atoms with E-state index in [1.54, 1.807) is 19.2 Å². The molecule has 5 heteroatoms. The first-order valence-corrected chi connectivity index (χ1v) is 9.54. The Morgan fingerprint density at radius 3 is 2.22 bits per heavy atom. The largest absolute Gasteiger partial charge is 0.540 e. The van der Waals surface area contributed by atoms with Crippen LogP contribution < -0.4 is 9.16 Å². The van der Waals surface area contributed by atoms with E-state index in [1.807, 2.05) is 0 Å². The number of hydrogen-bond acceptors (Lipinski definition) is 3. The third-order valence-electron chi connectivity index (χ3n) is 3.38. The summed E-state index contributed by atoms with van der Waals surface area (Å²) < 4.78 is 12.2. The van der Waals surface area contributed by atoms with E-state index in [-0.39, 0.29) is 10.8 Å². The molecule has 0 amide bonds. The lowest BCUT2D eigenvalue weighted by atomic mass is 10.2. The van der Waals surface area contributed by atoms with Crippen LogP contribution in [0, 0.1) is 0 Å².